The minimum absolute atomic E-state index is 0.0208. The molecule has 1 rings (SSSR count). The smallest absolute Gasteiger partial charge is 0.328 e. The summed E-state index contributed by atoms with van der Waals surface area (Å²) in [6.45, 7) is 14.3. The number of carboxylic acid groups (broad SMARTS) is 2. The lowest BCUT2D eigenvalue weighted by Gasteiger charge is -2.32. The van der Waals surface area contributed by atoms with Crippen molar-refractivity contribution in [3.05, 3.63) is 58.7 Å². The summed E-state index contributed by atoms with van der Waals surface area (Å²) in [7, 11) is 0. The minimum atomic E-state index is -0.931. The molecule has 1 atom stereocenters. The number of carbonyl (C=O) groups is 2. The molecule has 0 bridgehead atoms. The van der Waals surface area contributed by atoms with Crippen molar-refractivity contribution in [2.45, 2.75) is 73.8 Å². The fourth-order valence-corrected chi connectivity index (χ4v) is 3.16. The van der Waals surface area contributed by atoms with Gasteiger partial charge >= 0.3 is 11.9 Å². The maximum Gasteiger partial charge on any atom is 0.328 e. The van der Waals surface area contributed by atoms with E-state index < -0.39 is 18.0 Å². The molecule has 0 saturated carbocycles. The van der Waals surface area contributed by atoms with Crippen LogP contribution in [0.15, 0.2) is 58.7 Å². The Labute approximate surface area is 181 Å². The van der Waals surface area contributed by atoms with Crippen LogP contribution in [0.2, 0.25) is 0 Å². The Morgan fingerprint density at radius 3 is 2.13 bits per heavy atom. The lowest BCUT2D eigenvalue weighted by Crippen LogP contribution is -2.34. The first kappa shape index (κ1) is 27.6. The van der Waals surface area contributed by atoms with Crippen LogP contribution in [0.4, 0.5) is 0 Å². The molecule has 0 spiro atoms. The van der Waals surface area contributed by atoms with Crippen LogP contribution in [-0.2, 0) is 9.59 Å². The number of hydrogen-bond acceptors (Lipinski definition) is 3. The van der Waals surface area contributed by atoms with Gasteiger partial charge in [-0.3, -0.25) is 4.79 Å². The Balaban J connectivity index is 0.000000890. The molecule has 0 amide bonds. The molecule has 0 aromatic heterocycles. The molecule has 0 fully saturated rings. The first-order valence-corrected chi connectivity index (χ1v) is 10.4. The third-order valence-electron chi connectivity index (χ3n) is 5.13. The van der Waals surface area contributed by atoms with Crippen LogP contribution in [0, 0.1) is 11.3 Å². The van der Waals surface area contributed by atoms with Crippen LogP contribution in [0.3, 0.4) is 0 Å². The molecule has 0 saturated heterocycles. The molecule has 0 aliphatic heterocycles. The Hall–Kier alpha value is -2.40. The van der Waals surface area contributed by atoms with E-state index in [2.05, 4.69) is 39.8 Å². The van der Waals surface area contributed by atoms with Gasteiger partial charge in [-0.2, -0.15) is 0 Å². The number of allylic oxidation sites excluding steroid dienone is 9. The molecule has 0 heterocycles. The Kier molecular flexibility index (Phi) is 12.0. The number of carboxylic acids is 2. The second-order valence-electron chi connectivity index (χ2n) is 8.87. The molecule has 5 heteroatoms. The molecule has 0 radical (unpaired) electrons. The van der Waals surface area contributed by atoms with E-state index in [-0.39, 0.29) is 11.3 Å². The normalized spacial score (nSPS) is 18.6. The van der Waals surface area contributed by atoms with E-state index in [1.165, 1.54) is 36.5 Å². The van der Waals surface area contributed by atoms with Crippen LogP contribution >= 0.6 is 0 Å². The van der Waals surface area contributed by atoms with Crippen molar-refractivity contribution >= 4 is 11.9 Å². The molecule has 0 aromatic carbocycles. The average molecular weight is 418 g/mol. The summed E-state index contributed by atoms with van der Waals surface area (Å²) in [6, 6.07) is -0.713. The van der Waals surface area contributed by atoms with Gasteiger partial charge in [0.05, 0.1) is 0 Å². The summed E-state index contributed by atoms with van der Waals surface area (Å²) >= 11 is 0. The molecule has 0 aromatic rings. The summed E-state index contributed by atoms with van der Waals surface area (Å²) in [5.74, 6) is -1.82. The Morgan fingerprint density at radius 1 is 1.10 bits per heavy atom. The van der Waals surface area contributed by atoms with E-state index in [0.717, 1.165) is 11.1 Å². The third kappa shape index (κ3) is 11.0. The van der Waals surface area contributed by atoms with Crippen molar-refractivity contribution in [2.24, 2.45) is 17.1 Å². The molecular weight excluding hydrogens is 378 g/mol. The van der Waals surface area contributed by atoms with Gasteiger partial charge < -0.3 is 15.9 Å². The second kappa shape index (κ2) is 13.0. The predicted octanol–water partition coefficient (Wildman–Crippen LogP) is 5.66. The highest BCUT2D eigenvalue weighted by atomic mass is 16.4. The summed E-state index contributed by atoms with van der Waals surface area (Å²) in [6.07, 6.45) is 15.0. The first-order valence-electron chi connectivity index (χ1n) is 10.4. The van der Waals surface area contributed by atoms with Crippen molar-refractivity contribution in [3.63, 3.8) is 0 Å². The monoisotopic (exact) mass is 417 g/mol. The number of aliphatic carboxylic acids is 2. The zero-order valence-corrected chi connectivity index (χ0v) is 19.5. The lowest BCUT2D eigenvalue weighted by atomic mass is 9.72. The Bertz CT molecular complexity index is 749. The zero-order valence-electron chi connectivity index (χ0n) is 19.5. The maximum atomic E-state index is 10.5. The van der Waals surface area contributed by atoms with Gasteiger partial charge in [-0.05, 0) is 62.5 Å². The van der Waals surface area contributed by atoms with Gasteiger partial charge in [-0.15, -0.1) is 0 Å². The highest BCUT2D eigenvalue weighted by Crippen LogP contribution is 2.40. The van der Waals surface area contributed by atoms with Gasteiger partial charge in [0.1, 0.15) is 6.04 Å². The summed E-state index contributed by atoms with van der Waals surface area (Å²) < 4.78 is 0. The molecular formula is C25H39NO4. The molecule has 1 aliphatic rings. The maximum absolute atomic E-state index is 10.5. The van der Waals surface area contributed by atoms with Crippen LogP contribution in [-0.4, -0.2) is 28.2 Å². The lowest BCUT2D eigenvalue weighted by molar-refractivity contribution is -0.139. The van der Waals surface area contributed by atoms with Crippen LogP contribution in [0.5, 0.6) is 0 Å². The molecule has 0 unspecified atom stereocenters. The minimum Gasteiger partial charge on any atom is -0.480 e. The Morgan fingerprint density at radius 2 is 1.70 bits per heavy atom. The van der Waals surface area contributed by atoms with Crippen molar-refractivity contribution in [2.75, 3.05) is 0 Å². The van der Waals surface area contributed by atoms with Crippen molar-refractivity contribution in [3.8, 4) is 0 Å². The van der Waals surface area contributed by atoms with E-state index in [1.807, 2.05) is 12.2 Å². The molecule has 1 aliphatic carbocycles. The fourth-order valence-electron chi connectivity index (χ4n) is 3.16. The van der Waals surface area contributed by atoms with Crippen molar-refractivity contribution in [1.82, 2.24) is 0 Å². The van der Waals surface area contributed by atoms with E-state index in [0.29, 0.717) is 0 Å². The van der Waals surface area contributed by atoms with E-state index >= 15 is 0 Å². The largest absolute Gasteiger partial charge is 0.480 e. The first-order chi connectivity index (χ1) is 13.8. The quantitative estimate of drug-likeness (QED) is 0.367. The van der Waals surface area contributed by atoms with E-state index in [1.54, 1.807) is 26.8 Å². The number of nitrogens with two attached hydrogens (primary N) is 1. The summed E-state index contributed by atoms with van der Waals surface area (Å²) in [5.41, 5.74) is 10.3. The second-order valence-corrected chi connectivity index (χ2v) is 8.87. The summed E-state index contributed by atoms with van der Waals surface area (Å²) in [4.78, 5) is 20.5. The SMILES string of the molecule is CC(C)[C@H](N)C(=O)O.CC1=C(/C=C/C(C)=C/C=C/C(C)=C\C(=O)O)C(C)(C)CCC1. The van der Waals surface area contributed by atoms with Crippen molar-refractivity contribution < 1.29 is 19.8 Å². The average Bonchev–Trinajstić information content (AvgIpc) is 2.59. The third-order valence-corrected chi connectivity index (χ3v) is 5.13. The summed E-state index contributed by atoms with van der Waals surface area (Å²) in [5, 5.41) is 16.9. The molecule has 5 nitrogen and oxygen atoms in total. The fraction of sp³-hybridized carbons (Fsp3) is 0.520. The van der Waals surface area contributed by atoms with E-state index in [9.17, 15) is 9.59 Å². The molecule has 4 N–H and O–H groups in total. The highest BCUT2D eigenvalue weighted by Gasteiger charge is 2.26. The van der Waals surface area contributed by atoms with Gasteiger partial charge in [0.25, 0.3) is 0 Å². The molecule has 30 heavy (non-hydrogen) atoms. The predicted molar refractivity (Wildman–Crippen MR) is 124 cm³/mol. The topological polar surface area (TPSA) is 101 Å². The van der Waals surface area contributed by atoms with Crippen LogP contribution in [0.25, 0.3) is 0 Å². The number of hydrogen-bond donors (Lipinski definition) is 3. The zero-order chi connectivity index (χ0) is 23.5. The molecule has 168 valence electrons. The van der Waals surface area contributed by atoms with Gasteiger partial charge in [-0.1, -0.05) is 69.2 Å². The van der Waals surface area contributed by atoms with Gasteiger partial charge in [0.2, 0.25) is 0 Å². The number of rotatable bonds is 7. The standard InChI is InChI=1S/C20H28O2.C5H11NO2/c1-15(8-6-9-16(2)14-19(21)22)11-12-18-17(3)10-7-13-20(18,4)5;1-3(2)4(6)5(7)8/h6,8-9,11-12,14H,7,10,13H2,1-5H3,(H,21,22);3-4H,6H2,1-2H3,(H,7,8)/b9-6+,12-11+,15-8+,16-14-;/t;4-/m.0/s1. The van der Waals surface area contributed by atoms with Crippen LogP contribution < -0.4 is 5.73 Å². The van der Waals surface area contributed by atoms with Gasteiger partial charge in [-0.25, -0.2) is 4.79 Å². The van der Waals surface area contributed by atoms with Crippen molar-refractivity contribution in [1.29, 1.82) is 0 Å². The highest BCUT2D eigenvalue weighted by molar-refractivity contribution is 5.81. The van der Waals surface area contributed by atoms with Gasteiger partial charge in [0, 0.05) is 6.08 Å². The van der Waals surface area contributed by atoms with Gasteiger partial charge in [0.15, 0.2) is 0 Å². The van der Waals surface area contributed by atoms with E-state index in [4.69, 9.17) is 15.9 Å². The van der Waals surface area contributed by atoms with Crippen LogP contribution in [0.1, 0.15) is 67.7 Å².